The molecule has 3 aromatic rings. The molecule has 1 saturated heterocycles. The minimum absolute atomic E-state index is 0.132. The summed E-state index contributed by atoms with van der Waals surface area (Å²) in [5.74, 6) is 0.654. The zero-order chi connectivity index (χ0) is 19.0. The quantitative estimate of drug-likeness (QED) is 0.486. The van der Waals surface area contributed by atoms with E-state index >= 15 is 0 Å². The van der Waals surface area contributed by atoms with E-state index in [1.165, 1.54) is 0 Å². The summed E-state index contributed by atoms with van der Waals surface area (Å²) >= 11 is 0. The number of nitrogens with zero attached hydrogens (tertiary/aromatic N) is 4. The lowest BCUT2D eigenvalue weighted by atomic mass is 10.1. The van der Waals surface area contributed by atoms with Crippen molar-refractivity contribution in [3.63, 3.8) is 0 Å². The molecule has 9 nitrogen and oxygen atoms in total. The molecule has 0 saturated carbocycles. The first-order valence-electron chi connectivity index (χ1n) is 8.65. The van der Waals surface area contributed by atoms with Gasteiger partial charge in [-0.1, -0.05) is 6.07 Å². The average Bonchev–Trinajstić information content (AvgIpc) is 3.19. The highest BCUT2D eigenvalue weighted by atomic mass is 31.0. The molecule has 0 aliphatic carbocycles. The van der Waals surface area contributed by atoms with Crippen LogP contribution in [-0.4, -0.2) is 48.1 Å². The van der Waals surface area contributed by atoms with Crippen LogP contribution in [0.25, 0.3) is 11.2 Å². The molecule has 27 heavy (non-hydrogen) atoms. The number of hydrogen-bond donors (Lipinski definition) is 4. The van der Waals surface area contributed by atoms with Gasteiger partial charge in [0.2, 0.25) is 5.95 Å². The molecule has 5 N–H and O–H groups in total. The molecule has 1 aliphatic rings. The van der Waals surface area contributed by atoms with Gasteiger partial charge >= 0.3 is 0 Å². The van der Waals surface area contributed by atoms with Crippen molar-refractivity contribution in [1.29, 1.82) is 0 Å². The van der Waals surface area contributed by atoms with Crippen LogP contribution in [0.1, 0.15) is 19.1 Å². The average molecular weight is 388 g/mol. The number of aromatic nitrogens is 4. The van der Waals surface area contributed by atoms with Gasteiger partial charge in [0.25, 0.3) is 0 Å². The number of nitrogens with two attached hydrogens (primary N) is 1. The summed E-state index contributed by atoms with van der Waals surface area (Å²) in [5.41, 5.74) is 7.68. The third kappa shape index (κ3) is 3.53. The fraction of sp³-hybridized carbons (Fsp3) is 0.353. The number of benzene rings is 1. The summed E-state index contributed by atoms with van der Waals surface area (Å²) in [6.07, 6.45) is 2.57. The van der Waals surface area contributed by atoms with E-state index in [0.717, 1.165) is 12.6 Å². The summed E-state index contributed by atoms with van der Waals surface area (Å²) in [5, 5.41) is 22.9. The molecule has 0 amide bonds. The van der Waals surface area contributed by atoms with Crippen molar-refractivity contribution in [1.82, 2.24) is 19.5 Å². The maximum Gasteiger partial charge on any atom is 0.231 e. The number of imidazole rings is 1. The van der Waals surface area contributed by atoms with Gasteiger partial charge in [-0.25, -0.2) is 4.98 Å². The number of nitrogens with one attached hydrogen (secondary N) is 1. The molecule has 10 heteroatoms. The van der Waals surface area contributed by atoms with Crippen molar-refractivity contribution in [2.75, 3.05) is 17.2 Å². The van der Waals surface area contributed by atoms with E-state index in [9.17, 15) is 10.2 Å². The van der Waals surface area contributed by atoms with Gasteiger partial charge in [-0.2, -0.15) is 9.97 Å². The van der Waals surface area contributed by atoms with Crippen molar-refractivity contribution in [3.05, 3.63) is 30.6 Å². The molecule has 2 aromatic heterocycles. The van der Waals surface area contributed by atoms with E-state index in [2.05, 4.69) is 29.5 Å². The summed E-state index contributed by atoms with van der Waals surface area (Å²) in [6.45, 7) is 0. The highest BCUT2D eigenvalue weighted by Crippen LogP contribution is 2.33. The Hall–Kier alpha value is -2.48. The minimum atomic E-state index is -0.530. The van der Waals surface area contributed by atoms with Gasteiger partial charge in [0.15, 0.2) is 11.5 Å². The molecule has 1 aliphatic heterocycles. The van der Waals surface area contributed by atoms with Crippen molar-refractivity contribution in [3.8, 4) is 5.75 Å². The Kier molecular flexibility index (Phi) is 4.82. The predicted octanol–water partition coefficient (Wildman–Crippen LogP) is 1.77. The molecule has 0 bridgehead atoms. The summed E-state index contributed by atoms with van der Waals surface area (Å²) < 4.78 is 7.76. The third-order valence-electron chi connectivity index (χ3n) is 4.52. The molecule has 4 rings (SSSR count). The van der Waals surface area contributed by atoms with Crippen molar-refractivity contribution in [2.24, 2.45) is 0 Å². The summed E-state index contributed by atoms with van der Waals surface area (Å²) in [6, 6.07) is 6.63. The van der Waals surface area contributed by atoms with Gasteiger partial charge in [0.1, 0.15) is 17.5 Å². The lowest BCUT2D eigenvalue weighted by Gasteiger charge is -2.15. The maximum absolute atomic E-state index is 10.2. The monoisotopic (exact) mass is 388 g/mol. The zero-order valence-electron chi connectivity index (χ0n) is 14.5. The SMILES string of the molecule is Nc1nc(Nc2cccc(O)c2)nc2c1ncn2C1C[C@@H](O)[C@@H](CCP)O1. The van der Waals surface area contributed by atoms with E-state index < -0.39 is 6.10 Å². The highest BCUT2D eigenvalue weighted by molar-refractivity contribution is 7.16. The molecule has 3 heterocycles. The molecule has 4 atom stereocenters. The van der Waals surface area contributed by atoms with E-state index in [0.29, 0.717) is 23.3 Å². The topological polar surface area (TPSA) is 131 Å². The van der Waals surface area contributed by atoms with E-state index in [1.54, 1.807) is 35.2 Å². The summed E-state index contributed by atoms with van der Waals surface area (Å²) in [7, 11) is 2.64. The maximum atomic E-state index is 10.2. The second kappa shape index (κ2) is 7.26. The van der Waals surface area contributed by atoms with Crippen LogP contribution < -0.4 is 11.1 Å². The first kappa shape index (κ1) is 17.9. The second-order valence-electron chi connectivity index (χ2n) is 6.44. The first-order chi connectivity index (χ1) is 13.0. The molecule has 0 spiro atoms. The van der Waals surface area contributed by atoms with Gasteiger partial charge in [-0.3, -0.25) is 4.57 Å². The van der Waals surface area contributed by atoms with Crippen molar-refractivity contribution >= 4 is 37.9 Å². The van der Waals surface area contributed by atoms with Gasteiger partial charge in [-0.05, 0) is 24.7 Å². The van der Waals surface area contributed by atoms with Gasteiger partial charge < -0.3 is 26.0 Å². The lowest BCUT2D eigenvalue weighted by Crippen LogP contribution is -2.20. The predicted molar refractivity (Wildman–Crippen MR) is 105 cm³/mol. The first-order valence-corrected chi connectivity index (χ1v) is 9.46. The number of phenols is 1. The van der Waals surface area contributed by atoms with Crippen LogP contribution >= 0.6 is 9.24 Å². The summed E-state index contributed by atoms with van der Waals surface area (Å²) in [4.78, 5) is 13.0. The normalized spacial score (nSPS) is 22.4. The highest BCUT2D eigenvalue weighted by Gasteiger charge is 2.35. The number of aliphatic hydroxyl groups excluding tert-OH is 1. The van der Waals surface area contributed by atoms with E-state index in [1.807, 2.05) is 0 Å². The number of ether oxygens (including phenoxy) is 1. The number of aromatic hydroxyl groups is 1. The van der Waals surface area contributed by atoms with Crippen molar-refractivity contribution in [2.45, 2.75) is 31.3 Å². The van der Waals surface area contributed by atoms with Crippen LogP contribution in [0.2, 0.25) is 0 Å². The van der Waals surface area contributed by atoms with Crippen molar-refractivity contribution < 1.29 is 14.9 Å². The van der Waals surface area contributed by atoms with E-state index in [-0.39, 0.29) is 29.8 Å². The number of aliphatic hydroxyl groups is 1. The number of rotatable bonds is 5. The van der Waals surface area contributed by atoms with Gasteiger partial charge in [0.05, 0.1) is 18.5 Å². The molecule has 1 fully saturated rings. The number of nitrogen functional groups attached to an aromatic ring is 1. The lowest BCUT2D eigenvalue weighted by molar-refractivity contribution is -0.0177. The Morgan fingerprint density at radius 2 is 2.22 bits per heavy atom. The fourth-order valence-electron chi connectivity index (χ4n) is 3.23. The Labute approximate surface area is 157 Å². The standard InChI is InChI=1S/C17H21N6O3P/c18-15-14-16(22-17(21-15)20-9-2-1-3-10(24)6-9)23(8-19-14)13-7-11(25)12(26-13)4-5-27/h1-3,6,8,11-13,24-25H,4-5,7,27H2,(H3,18,20,21,22)/t11-,12-,13?/m1/s1. The van der Waals surface area contributed by atoms with Crippen LogP contribution in [0.15, 0.2) is 30.6 Å². The fourth-order valence-corrected chi connectivity index (χ4v) is 3.56. The molecule has 142 valence electrons. The van der Waals surface area contributed by atoms with Crippen LogP contribution in [0, 0.1) is 0 Å². The smallest absolute Gasteiger partial charge is 0.231 e. The Morgan fingerprint density at radius 3 is 3.00 bits per heavy atom. The van der Waals surface area contributed by atoms with Crippen LogP contribution in [0.4, 0.5) is 17.5 Å². The van der Waals surface area contributed by atoms with Gasteiger partial charge in [0, 0.05) is 18.2 Å². The minimum Gasteiger partial charge on any atom is -0.508 e. The molecule has 0 radical (unpaired) electrons. The Balaban J connectivity index is 1.66. The van der Waals surface area contributed by atoms with Crippen LogP contribution in [0.5, 0.6) is 5.75 Å². The number of fused-ring (bicyclic) bond motifs is 1. The molecular weight excluding hydrogens is 367 g/mol. The third-order valence-corrected chi connectivity index (χ3v) is 4.85. The zero-order valence-corrected chi connectivity index (χ0v) is 15.6. The number of anilines is 3. The van der Waals surface area contributed by atoms with Crippen LogP contribution in [-0.2, 0) is 4.74 Å². The molecule has 2 unspecified atom stereocenters. The second-order valence-corrected chi connectivity index (χ2v) is 7.02. The molecular formula is C17H21N6O3P. The number of hydrogen-bond acceptors (Lipinski definition) is 8. The van der Waals surface area contributed by atoms with Gasteiger partial charge in [-0.15, -0.1) is 9.24 Å². The Bertz CT molecular complexity index is 965. The van der Waals surface area contributed by atoms with Crippen LogP contribution in [0.3, 0.4) is 0 Å². The van der Waals surface area contributed by atoms with E-state index in [4.69, 9.17) is 10.5 Å². The largest absolute Gasteiger partial charge is 0.508 e. The Morgan fingerprint density at radius 1 is 1.37 bits per heavy atom. The molecule has 1 aromatic carbocycles. The number of phenolic OH excluding ortho intramolecular Hbond substituents is 1.